The van der Waals surface area contributed by atoms with Crippen LogP contribution >= 0.6 is 0 Å². The predicted octanol–water partition coefficient (Wildman–Crippen LogP) is 1.45. The van der Waals surface area contributed by atoms with E-state index in [2.05, 4.69) is 9.97 Å². The largest absolute Gasteiger partial charge is 0.347 e. The summed E-state index contributed by atoms with van der Waals surface area (Å²) in [6.45, 7) is 1.48. The van der Waals surface area contributed by atoms with E-state index in [1.807, 2.05) is 0 Å². The van der Waals surface area contributed by atoms with Crippen LogP contribution in [0.3, 0.4) is 0 Å². The number of nitro groups is 1. The molecule has 0 saturated heterocycles. The van der Waals surface area contributed by atoms with Crippen molar-refractivity contribution in [2.24, 2.45) is 0 Å². The summed E-state index contributed by atoms with van der Waals surface area (Å²) in [5.41, 5.74) is -0.101. The lowest BCUT2D eigenvalue weighted by atomic mass is 10.2. The third-order valence-electron chi connectivity index (χ3n) is 3.07. The second-order valence-electron chi connectivity index (χ2n) is 4.45. The Morgan fingerprint density at radius 1 is 1.43 bits per heavy atom. The van der Waals surface area contributed by atoms with Crippen LogP contribution in [0.2, 0.25) is 0 Å². The summed E-state index contributed by atoms with van der Waals surface area (Å²) in [5.74, 6) is 0.490. The number of nitro benzene ring substituents is 1. The third kappa shape index (κ3) is 2.93. The van der Waals surface area contributed by atoms with E-state index in [9.17, 15) is 18.5 Å². The first-order chi connectivity index (χ1) is 9.84. The molecule has 0 atom stereocenters. The molecule has 8 nitrogen and oxygen atoms in total. The molecule has 21 heavy (non-hydrogen) atoms. The van der Waals surface area contributed by atoms with Gasteiger partial charge in [-0.15, -0.1) is 0 Å². The van der Waals surface area contributed by atoms with E-state index in [0.717, 1.165) is 4.31 Å². The fraction of sp³-hybridized carbons (Fsp3) is 0.250. The standard InChI is InChI=1S/C12H14N4O4S/c1-9-10(16(17)18)4-3-5-11(9)21(19,20)15(2)8-12-13-6-7-14-12/h3-7H,8H2,1-2H3,(H,13,14). The van der Waals surface area contributed by atoms with Gasteiger partial charge in [-0.2, -0.15) is 4.31 Å². The van der Waals surface area contributed by atoms with Crippen LogP contribution in [0.1, 0.15) is 11.4 Å². The zero-order valence-electron chi connectivity index (χ0n) is 11.5. The summed E-state index contributed by atoms with van der Waals surface area (Å²) in [5, 5.41) is 10.9. The molecule has 0 amide bonds. The van der Waals surface area contributed by atoms with Gasteiger partial charge in [0, 0.05) is 31.1 Å². The molecule has 0 aliphatic rings. The van der Waals surface area contributed by atoms with Gasteiger partial charge in [-0.1, -0.05) is 6.07 Å². The van der Waals surface area contributed by atoms with Crippen LogP contribution < -0.4 is 0 Å². The van der Waals surface area contributed by atoms with Gasteiger partial charge in [-0.25, -0.2) is 13.4 Å². The van der Waals surface area contributed by atoms with Gasteiger partial charge < -0.3 is 4.98 Å². The van der Waals surface area contributed by atoms with Crippen molar-refractivity contribution in [1.82, 2.24) is 14.3 Å². The van der Waals surface area contributed by atoms with Crippen molar-refractivity contribution in [3.63, 3.8) is 0 Å². The van der Waals surface area contributed by atoms with E-state index in [1.165, 1.54) is 38.4 Å². The number of hydrogen-bond acceptors (Lipinski definition) is 5. The molecule has 0 spiro atoms. The molecule has 0 unspecified atom stereocenters. The van der Waals surface area contributed by atoms with Crippen LogP contribution in [0.5, 0.6) is 0 Å². The second kappa shape index (κ2) is 5.62. The molecule has 0 fully saturated rings. The number of aromatic amines is 1. The van der Waals surface area contributed by atoms with Crippen molar-refractivity contribution in [3.05, 3.63) is 52.1 Å². The maximum absolute atomic E-state index is 12.5. The first kappa shape index (κ1) is 15.1. The molecular formula is C12H14N4O4S. The molecular weight excluding hydrogens is 296 g/mol. The summed E-state index contributed by atoms with van der Waals surface area (Å²) >= 11 is 0. The van der Waals surface area contributed by atoms with E-state index in [-0.39, 0.29) is 22.7 Å². The van der Waals surface area contributed by atoms with Crippen LogP contribution in [0.15, 0.2) is 35.5 Å². The number of imidazole rings is 1. The van der Waals surface area contributed by atoms with Crippen LogP contribution in [0.25, 0.3) is 0 Å². The molecule has 0 aliphatic carbocycles. The lowest BCUT2D eigenvalue weighted by molar-refractivity contribution is -0.385. The van der Waals surface area contributed by atoms with Gasteiger partial charge >= 0.3 is 0 Å². The number of hydrogen-bond donors (Lipinski definition) is 1. The molecule has 112 valence electrons. The van der Waals surface area contributed by atoms with Crippen LogP contribution in [0, 0.1) is 17.0 Å². The topological polar surface area (TPSA) is 109 Å². The Kier molecular flexibility index (Phi) is 4.05. The smallest absolute Gasteiger partial charge is 0.273 e. The average molecular weight is 310 g/mol. The normalized spacial score (nSPS) is 11.8. The van der Waals surface area contributed by atoms with E-state index < -0.39 is 14.9 Å². The molecule has 0 bridgehead atoms. The van der Waals surface area contributed by atoms with Crippen LogP contribution in [0.4, 0.5) is 5.69 Å². The van der Waals surface area contributed by atoms with E-state index in [4.69, 9.17) is 0 Å². The molecule has 1 N–H and O–H groups in total. The van der Waals surface area contributed by atoms with Crippen molar-refractivity contribution < 1.29 is 13.3 Å². The maximum Gasteiger partial charge on any atom is 0.273 e. The fourth-order valence-electron chi connectivity index (χ4n) is 1.93. The summed E-state index contributed by atoms with van der Waals surface area (Å²) < 4.78 is 26.1. The maximum atomic E-state index is 12.5. The number of sulfonamides is 1. The Balaban J connectivity index is 2.40. The molecule has 1 aromatic heterocycles. The highest BCUT2D eigenvalue weighted by atomic mass is 32.2. The Hall–Kier alpha value is -2.26. The number of nitrogens with one attached hydrogen (secondary N) is 1. The zero-order valence-corrected chi connectivity index (χ0v) is 12.3. The summed E-state index contributed by atoms with van der Waals surface area (Å²) in [4.78, 5) is 17.0. The SMILES string of the molecule is Cc1c([N+](=O)[O-])cccc1S(=O)(=O)N(C)Cc1ncc[nH]1. The summed E-state index contributed by atoms with van der Waals surface area (Å²) in [7, 11) is -2.43. The first-order valence-corrected chi connectivity index (χ1v) is 7.46. The van der Waals surface area contributed by atoms with Crippen LogP contribution in [-0.4, -0.2) is 34.7 Å². The Morgan fingerprint density at radius 3 is 2.71 bits per heavy atom. The molecule has 0 aliphatic heterocycles. The number of H-pyrrole nitrogens is 1. The minimum Gasteiger partial charge on any atom is -0.347 e. The fourth-order valence-corrected chi connectivity index (χ4v) is 3.30. The van der Waals surface area contributed by atoms with Gasteiger partial charge in [0.1, 0.15) is 5.82 Å². The Morgan fingerprint density at radius 2 is 2.14 bits per heavy atom. The van der Waals surface area contributed by atoms with Gasteiger partial charge in [-0.05, 0) is 13.0 Å². The number of nitrogens with zero attached hydrogens (tertiary/aromatic N) is 3. The van der Waals surface area contributed by atoms with Crippen molar-refractivity contribution in [1.29, 1.82) is 0 Å². The molecule has 2 rings (SSSR count). The molecule has 1 heterocycles. The van der Waals surface area contributed by atoms with Crippen molar-refractivity contribution >= 4 is 15.7 Å². The van der Waals surface area contributed by atoms with Crippen molar-refractivity contribution in [2.45, 2.75) is 18.4 Å². The van der Waals surface area contributed by atoms with Gasteiger partial charge in [0.05, 0.1) is 16.4 Å². The first-order valence-electron chi connectivity index (χ1n) is 6.02. The highest BCUT2D eigenvalue weighted by Crippen LogP contribution is 2.27. The Bertz CT molecular complexity index is 756. The summed E-state index contributed by atoms with van der Waals surface area (Å²) in [6, 6.07) is 4.00. The second-order valence-corrected chi connectivity index (χ2v) is 6.47. The average Bonchev–Trinajstić information content (AvgIpc) is 2.91. The molecule has 0 radical (unpaired) electrons. The number of benzene rings is 1. The minimum absolute atomic E-state index is 0.0530. The monoisotopic (exact) mass is 310 g/mol. The van der Waals surface area contributed by atoms with E-state index in [0.29, 0.717) is 5.82 Å². The lowest BCUT2D eigenvalue weighted by Gasteiger charge is -2.17. The van der Waals surface area contributed by atoms with Gasteiger partial charge in [0.25, 0.3) is 5.69 Å². The predicted molar refractivity (Wildman–Crippen MR) is 75.1 cm³/mol. The molecule has 9 heteroatoms. The van der Waals surface area contributed by atoms with Crippen molar-refractivity contribution in [2.75, 3.05) is 7.05 Å². The van der Waals surface area contributed by atoms with Gasteiger partial charge in [0.2, 0.25) is 10.0 Å². The van der Waals surface area contributed by atoms with E-state index >= 15 is 0 Å². The number of rotatable bonds is 5. The molecule has 0 saturated carbocycles. The summed E-state index contributed by atoms with van der Waals surface area (Å²) in [6.07, 6.45) is 3.11. The highest BCUT2D eigenvalue weighted by molar-refractivity contribution is 7.89. The third-order valence-corrected chi connectivity index (χ3v) is 5.02. The quantitative estimate of drug-likeness (QED) is 0.664. The van der Waals surface area contributed by atoms with Crippen LogP contribution in [-0.2, 0) is 16.6 Å². The lowest BCUT2D eigenvalue weighted by Crippen LogP contribution is -2.27. The van der Waals surface area contributed by atoms with Crippen molar-refractivity contribution in [3.8, 4) is 0 Å². The van der Waals surface area contributed by atoms with E-state index in [1.54, 1.807) is 6.20 Å². The van der Waals surface area contributed by atoms with Gasteiger partial charge in [-0.3, -0.25) is 10.1 Å². The minimum atomic E-state index is -3.83. The van der Waals surface area contributed by atoms with Gasteiger partial charge in [0.15, 0.2) is 0 Å². The Labute approximate surface area is 121 Å². The number of aromatic nitrogens is 2. The highest BCUT2D eigenvalue weighted by Gasteiger charge is 2.27. The zero-order chi connectivity index (χ0) is 15.6. The molecule has 1 aromatic carbocycles. The molecule has 2 aromatic rings.